The van der Waals surface area contributed by atoms with E-state index in [-0.39, 0.29) is 11.9 Å². The molecule has 0 fully saturated rings. The zero-order chi connectivity index (χ0) is 17.8. The van der Waals surface area contributed by atoms with Crippen LogP contribution in [0.25, 0.3) is 10.8 Å². The predicted molar refractivity (Wildman–Crippen MR) is 98.4 cm³/mol. The van der Waals surface area contributed by atoms with Crippen molar-refractivity contribution in [2.75, 3.05) is 0 Å². The number of phenolic OH excluding ortho intramolecular Hbond substituents is 1. The van der Waals surface area contributed by atoms with Crippen molar-refractivity contribution >= 4 is 28.7 Å². The summed E-state index contributed by atoms with van der Waals surface area (Å²) in [6.07, 6.45) is -1.03. The van der Waals surface area contributed by atoms with Crippen LogP contribution < -0.4 is 4.74 Å². The largest absolute Gasteiger partial charge is 0.514 e. The third kappa shape index (κ3) is 4.06. The molecule has 128 valence electrons. The summed E-state index contributed by atoms with van der Waals surface area (Å²) >= 11 is 1.40. The highest BCUT2D eigenvalue weighted by molar-refractivity contribution is 7.99. The quantitative estimate of drug-likeness (QED) is 0.487. The predicted octanol–water partition coefficient (Wildman–Crippen LogP) is 5.62. The lowest BCUT2D eigenvalue weighted by atomic mass is 10.1. The molecule has 0 saturated heterocycles. The van der Waals surface area contributed by atoms with Crippen LogP contribution in [0.3, 0.4) is 0 Å². The van der Waals surface area contributed by atoms with Crippen molar-refractivity contribution in [2.24, 2.45) is 0 Å². The van der Waals surface area contributed by atoms with Crippen LogP contribution in [0.5, 0.6) is 11.5 Å². The van der Waals surface area contributed by atoms with Gasteiger partial charge in [-0.1, -0.05) is 54.2 Å². The molecule has 3 aromatic rings. The maximum Gasteiger partial charge on any atom is 0.514 e. The van der Waals surface area contributed by atoms with E-state index >= 15 is 0 Å². The Morgan fingerprint density at radius 2 is 1.64 bits per heavy atom. The van der Waals surface area contributed by atoms with Crippen molar-refractivity contribution in [1.82, 2.24) is 0 Å². The van der Waals surface area contributed by atoms with Gasteiger partial charge in [-0.25, -0.2) is 4.79 Å². The Hall–Kier alpha value is -2.66. The zero-order valence-corrected chi connectivity index (χ0v) is 14.7. The average Bonchev–Trinajstić information content (AvgIpc) is 2.59. The van der Waals surface area contributed by atoms with Gasteiger partial charge in [-0.3, -0.25) is 0 Å². The number of carbonyl (C=O) groups is 1. The molecular formula is C20H18O4S. The second-order valence-electron chi connectivity index (χ2n) is 5.70. The molecule has 0 atom stereocenters. The Balaban J connectivity index is 2.03. The van der Waals surface area contributed by atoms with Gasteiger partial charge < -0.3 is 14.6 Å². The standard InChI is InChI=1S/C20H18O4S/c1-13(2)23-20(22)24-17-12-18(25-14-8-4-3-5-9-14)19(21)16-11-7-6-10-15(16)17/h3-13,21H,1-2H3. The highest BCUT2D eigenvalue weighted by Gasteiger charge is 2.17. The van der Waals surface area contributed by atoms with Crippen LogP contribution in [-0.2, 0) is 4.74 Å². The monoisotopic (exact) mass is 354 g/mol. The molecule has 0 spiro atoms. The number of hydrogen-bond acceptors (Lipinski definition) is 5. The lowest BCUT2D eigenvalue weighted by molar-refractivity contribution is 0.0732. The third-order valence-corrected chi connectivity index (χ3v) is 4.48. The normalized spacial score (nSPS) is 10.8. The number of fused-ring (bicyclic) bond motifs is 1. The summed E-state index contributed by atoms with van der Waals surface area (Å²) in [5.74, 6) is 0.520. The van der Waals surface area contributed by atoms with Gasteiger partial charge in [0, 0.05) is 15.7 Å². The lowest BCUT2D eigenvalue weighted by Crippen LogP contribution is -2.15. The molecule has 0 bridgehead atoms. The number of carbonyl (C=O) groups excluding carboxylic acids is 1. The van der Waals surface area contributed by atoms with E-state index in [1.54, 1.807) is 32.0 Å². The first-order valence-electron chi connectivity index (χ1n) is 7.90. The van der Waals surface area contributed by atoms with E-state index < -0.39 is 6.16 Å². The van der Waals surface area contributed by atoms with Gasteiger partial charge in [0.05, 0.1) is 11.0 Å². The summed E-state index contributed by atoms with van der Waals surface area (Å²) < 4.78 is 10.4. The van der Waals surface area contributed by atoms with E-state index in [2.05, 4.69) is 0 Å². The fraction of sp³-hybridized carbons (Fsp3) is 0.150. The first-order valence-corrected chi connectivity index (χ1v) is 8.72. The lowest BCUT2D eigenvalue weighted by Gasteiger charge is -2.14. The Kier molecular flexibility index (Phi) is 5.14. The SMILES string of the molecule is CC(C)OC(=O)Oc1cc(Sc2ccccc2)c(O)c2ccccc12. The molecule has 1 N–H and O–H groups in total. The van der Waals surface area contributed by atoms with Crippen LogP contribution in [0, 0.1) is 0 Å². The Labute approximate surface area is 150 Å². The summed E-state index contributed by atoms with van der Waals surface area (Å²) in [5, 5.41) is 11.9. The summed E-state index contributed by atoms with van der Waals surface area (Å²) in [5.41, 5.74) is 0. The molecular weight excluding hydrogens is 336 g/mol. The number of hydrogen-bond donors (Lipinski definition) is 1. The number of benzene rings is 3. The number of aromatic hydroxyl groups is 1. The first-order chi connectivity index (χ1) is 12.0. The summed E-state index contributed by atoms with van der Waals surface area (Å²) in [6, 6.07) is 18.6. The maximum absolute atomic E-state index is 11.9. The van der Waals surface area contributed by atoms with E-state index in [1.807, 2.05) is 42.5 Å². The van der Waals surface area contributed by atoms with Crippen molar-refractivity contribution in [1.29, 1.82) is 0 Å². The molecule has 0 aromatic heterocycles. The minimum absolute atomic E-state index is 0.161. The molecule has 25 heavy (non-hydrogen) atoms. The molecule has 5 heteroatoms. The van der Waals surface area contributed by atoms with Crippen LogP contribution in [-0.4, -0.2) is 17.4 Å². The van der Waals surface area contributed by atoms with E-state index in [0.29, 0.717) is 21.4 Å². The van der Waals surface area contributed by atoms with Crippen LogP contribution in [0.2, 0.25) is 0 Å². The van der Waals surface area contributed by atoms with E-state index in [1.165, 1.54) is 11.8 Å². The number of rotatable bonds is 4. The van der Waals surface area contributed by atoms with Crippen molar-refractivity contribution in [3.8, 4) is 11.5 Å². The maximum atomic E-state index is 11.9. The molecule has 0 aliphatic heterocycles. The van der Waals surface area contributed by atoms with Gasteiger partial charge in [-0.2, -0.15) is 0 Å². The number of phenols is 1. The fourth-order valence-electron chi connectivity index (χ4n) is 2.39. The van der Waals surface area contributed by atoms with Crippen molar-refractivity contribution in [3.05, 3.63) is 60.7 Å². The second kappa shape index (κ2) is 7.49. The molecule has 0 amide bonds. The zero-order valence-electron chi connectivity index (χ0n) is 13.9. The molecule has 0 radical (unpaired) electrons. The van der Waals surface area contributed by atoms with Gasteiger partial charge in [0.15, 0.2) is 0 Å². The Morgan fingerprint density at radius 3 is 2.32 bits per heavy atom. The highest BCUT2D eigenvalue weighted by Crippen LogP contribution is 2.43. The average molecular weight is 354 g/mol. The van der Waals surface area contributed by atoms with Gasteiger partial charge in [-0.15, -0.1) is 0 Å². The molecule has 0 heterocycles. The Bertz CT molecular complexity index is 891. The smallest absolute Gasteiger partial charge is 0.506 e. The molecule has 0 aliphatic carbocycles. The summed E-state index contributed by atoms with van der Waals surface area (Å²) in [6.45, 7) is 3.51. The molecule has 4 nitrogen and oxygen atoms in total. The molecule has 3 aromatic carbocycles. The number of ether oxygens (including phenoxy) is 2. The molecule has 0 saturated carbocycles. The third-order valence-electron chi connectivity index (χ3n) is 3.44. The van der Waals surface area contributed by atoms with Crippen LogP contribution >= 0.6 is 11.8 Å². The van der Waals surface area contributed by atoms with Gasteiger partial charge in [0.25, 0.3) is 0 Å². The topological polar surface area (TPSA) is 55.8 Å². The van der Waals surface area contributed by atoms with Crippen LogP contribution in [0.15, 0.2) is 70.5 Å². The van der Waals surface area contributed by atoms with E-state index in [0.717, 1.165) is 4.90 Å². The molecule has 3 rings (SSSR count). The van der Waals surface area contributed by atoms with Crippen molar-refractivity contribution < 1.29 is 19.4 Å². The highest BCUT2D eigenvalue weighted by atomic mass is 32.2. The molecule has 0 unspecified atom stereocenters. The first kappa shape index (κ1) is 17.2. The van der Waals surface area contributed by atoms with E-state index in [9.17, 15) is 9.90 Å². The van der Waals surface area contributed by atoms with Crippen molar-refractivity contribution in [2.45, 2.75) is 29.7 Å². The summed E-state index contributed by atoms with van der Waals surface area (Å²) in [7, 11) is 0. The Morgan fingerprint density at radius 1 is 1.00 bits per heavy atom. The molecule has 0 aliphatic rings. The van der Waals surface area contributed by atoms with Gasteiger partial charge >= 0.3 is 6.16 Å². The van der Waals surface area contributed by atoms with Gasteiger partial charge in [0.1, 0.15) is 11.5 Å². The second-order valence-corrected chi connectivity index (χ2v) is 6.82. The van der Waals surface area contributed by atoms with Crippen LogP contribution in [0.4, 0.5) is 4.79 Å². The van der Waals surface area contributed by atoms with Gasteiger partial charge in [-0.05, 0) is 32.0 Å². The van der Waals surface area contributed by atoms with Crippen LogP contribution in [0.1, 0.15) is 13.8 Å². The minimum atomic E-state index is -0.762. The van der Waals surface area contributed by atoms with Gasteiger partial charge in [0.2, 0.25) is 0 Å². The fourth-order valence-corrected chi connectivity index (χ4v) is 3.31. The van der Waals surface area contributed by atoms with Crippen molar-refractivity contribution in [3.63, 3.8) is 0 Å². The summed E-state index contributed by atoms with van der Waals surface area (Å²) in [4.78, 5) is 13.5. The minimum Gasteiger partial charge on any atom is -0.506 e. The van der Waals surface area contributed by atoms with E-state index in [4.69, 9.17) is 9.47 Å².